The smallest absolute Gasteiger partial charge is 0.358 e. The second-order valence-corrected chi connectivity index (χ2v) is 5.63. The van der Waals surface area contributed by atoms with Crippen molar-refractivity contribution in [1.29, 1.82) is 0 Å². The van der Waals surface area contributed by atoms with Crippen LogP contribution in [0, 0.1) is 0 Å². The SMILES string of the molecule is CN(C)C(=O)CCCn1nnc(C(=O)O)c1-c1cccs1. The Labute approximate surface area is 125 Å². The number of aryl methyl sites for hydroxylation is 1. The first-order chi connectivity index (χ1) is 10.0. The van der Waals surface area contributed by atoms with Crippen LogP contribution < -0.4 is 0 Å². The fraction of sp³-hybridized carbons (Fsp3) is 0.385. The summed E-state index contributed by atoms with van der Waals surface area (Å²) in [7, 11) is 3.41. The molecule has 7 nitrogen and oxygen atoms in total. The topological polar surface area (TPSA) is 88.3 Å². The summed E-state index contributed by atoms with van der Waals surface area (Å²) in [5, 5.41) is 18.7. The fourth-order valence-corrected chi connectivity index (χ4v) is 2.65. The van der Waals surface area contributed by atoms with Crippen LogP contribution in [0.15, 0.2) is 17.5 Å². The maximum absolute atomic E-state index is 11.5. The van der Waals surface area contributed by atoms with Crippen molar-refractivity contribution >= 4 is 23.2 Å². The van der Waals surface area contributed by atoms with Crippen molar-refractivity contribution < 1.29 is 14.7 Å². The predicted molar refractivity (Wildman–Crippen MR) is 78.2 cm³/mol. The van der Waals surface area contributed by atoms with Crippen LogP contribution in [0.4, 0.5) is 0 Å². The lowest BCUT2D eigenvalue weighted by atomic mass is 10.2. The molecule has 1 amide bonds. The van der Waals surface area contributed by atoms with Gasteiger partial charge in [0, 0.05) is 27.1 Å². The third-order valence-corrected chi connectivity index (χ3v) is 3.83. The molecular weight excluding hydrogens is 292 g/mol. The second kappa shape index (κ2) is 6.49. The molecule has 0 radical (unpaired) electrons. The Balaban J connectivity index is 2.17. The summed E-state index contributed by atoms with van der Waals surface area (Å²) in [4.78, 5) is 25.1. The Hall–Kier alpha value is -2.22. The van der Waals surface area contributed by atoms with Crippen molar-refractivity contribution in [3.8, 4) is 10.6 Å². The summed E-state index contributed by atoms with van der Waals surface area (Å²) >= 11 is 1.43. The standard InChI is InChI=1S/C13H16N4O3S/c1-16(2)10(18)6-3-7-17-12(9-5-4-8-21-9)11(13(19)20)14-15-17/h4-5,8H,3,6-7H2,1-2H3,(H,19,20). The van der Waals surface area contributed by atoms with E-state index in [9.17, 15) is 14.7 Å². The third kappa shape index (κ3) is 3.46. The molecule has 0 fully saturated rings. The van der Waals surface area contributed by atoms with Crippen LogP contribution in [0.25, 0.3) is 10.6 Å². The van der Waals surface area contributed by atoms with Crippen LogP contribution >= 0.6 is 11.3 Å². The van der Waals surface area contributed by atoms with Crippen molar-refractivity contribution in [2.24, 2.45) is 0 Å². The maximum atomic E-state index is 11.5. The van der Waals surface area contributed by atoms with E-state index >= 15 is 0 Å². The summed E-state index contributed by atoms with van der Waals surface area (Å²) < 4.78 is 1.55. The number of carbonyl (C=O) groups excluding carboxylic acids is 1. The van der Waals surface area contributed by atoms with Crippen LogP contribution in [0.5, 0.6) is 0 Å². The molecule has 112 valence electrons. The number of nitrogens with zero attached hydrogens (tertiary/aromatic N) is 4. The first-order valence-corrected chi connectivity index (χ1v) is 7.29. The van der Waals surface area contributed by atoms with Gasteiger partial charge in [-0.3, -0.25) is 4.79 Å². The Morgan fingerprint density at radius 1 is 1.43 bits per heavy atom. The minimum Gasteiger partial charge on any atom is -0.476 e. The second-order valence-electron chi connectivity index (χ2n) is 4.68. The van der Waals surface area contributed by atoms with Gasteiger partial charge in [-0.2, -0.15) is 0 Å². The zero-order valence-corrected chi connectivity index (χ0v) is 12.6. The number of rotatable bonds is 6. The van der Waals surface area contributed by atoms with Gasteiger partial charge in [-0.1, -0.05) is 11.3 Å². The van der Waals surface area contributed by atoms with E-state index in [2.05, 4.69) is 10.3 Å². The lowest BCUT2D eigenvalue weighted by Crippen LogP contribution is -2.21. The van der Waals surface area contributed by atoms with Crippen molar-refractivity contribution in [2.45, 2.75) is 19.4 Å². The largest absolute Gasteiger partial charge is 0.476 e. The van der Waals surface area contributed by atoms with Crippen molar-refractivity contribution in [3.05, 3.63) is 23.2 Å². The van der Waals surface area contributed by atoms with Crippen LogP contribution in [0.1, 0.15) is 23.3 Å². The van der Waals surface area contributed by atoms with Crippen LogP contribution in [-0.2, 0) is 11.3 Å². The molecule has 0 aromatic carbocycles. The molecule has 1 N–H and O–H groups in total. The molecule has 8 heteroatoms. The molecular formula is C13H16N4O3S. The summed E-state index contributed by atoms with van der Waals surface area (Å²) in [5.41, 5.74) is 0.436. The molecule has 2 heterocycles. The summed E-state index contributed by atoms with van der Waals surface area (Å²) in [6, 6.07) is 3.68. The Morgan fingerprint density at radius 2 is 2.19 bits per heavy atom. The average molecular weight is 308 g/mol. The van der Waals surface area contributed by atoms with Gasteiger partial charge in [0.15, 0.2) is 5.69 Å². The number of thiophene rings is 1. The minimum atomic E-state index is -1.10. The van der Waals surface area contributed by atoms with Crippen molar-refractivity contribution in [1.82, 2.24) is 19.9 Å². The molecule has 0 aliphatic rings. The molecule has 0 atom stereocenters. The highest BCUT2D eigenvalue weighted by atomic mass is 32.1. The lowest BCUT2D eigenvalue weighted by molar-refractivity contribution is -0.128. The van der Waals surface area contributed by atoms with E-state index in [-0.39, 0.29) is 11.6 Å². The van der Waals surface area contributed by atoms with E-state index in [1.807, 2.05) is 17.5 Å². The number of aromatic nitrogens is 3. The van der Waals surface area contributed by atoms with Crippen LogP contribution in [0.2, 0.25) is 0 Å². The highest BCUT2D eigenvalue weighted by molar-refractivity contribution is 7.13. The molecule has 0 saturated carbocycles. The van der Waals surface area contributed by atoms with Gasteiger partial charge in [-0.25, -0.2) is 9.48 Å². The molecule has 0 spiro atoms. The van der Waals surface area contributed by atoms with Crippen molar-refractivity contribution in [3.63, 3.8) is 0 Å². The molecule has 0 aliphatic carbocycles. The van der Waals surface area contributed by atoms with E-state index < -0.39 is 5.97 Å². The zero-order chi connectivity index (χ0) is 15.4. The number of carbonyl (C=O) groups is 2. The lowest BCUT2D eigenvalue weighted by Gasteiger charge is -2.10. The fourth-order valence-electron chi connectivity index (χ4n) is 1.87. The molecule has 0 unspecified atom stereocenters. The van der Waals surface area contributed by atoms with Gasteiger partial charge in [-0.05, 0) is 17.9 Å². The van der Waals surface area contributed by atoms with Gasteiger partial charge in [0.1, 0.15) is 5.69 Å². The number of aromatic carboxylic acids is 1. The normalized spacial score (nSPS) is 10.6. The molecule has 0 aliphatic heterocycles. The van der Waals surface area contributed by atoms with E-state index in [1.165, 1.54) is 16.2 Å². The number of hydrogen-bond acceptors (Lipinski definition) is 5. The molecule has 2 rings (SSSR count). The molecule has 21 heavy (non-hydrogen) atoms. The number of amides is 1. The van der Waals surface area contributed by atoms with Gasteiger partial charge < -0.3 is 10.0 Å². The van der Waals surface area contributed by atoms with E-state index in [4.69, 9.17) is 0 Å². The zero-order valence-electron chi connectivity index (χ0n) is 11.8. The highest BCUT2D eigenvalue weighted by Gasteiger charge is 2.21. The average Bonchev–Trinajstić information content (AvgIpc) is 3.06. The summed E-state index contributed by atoms with van der Waals surface area (Å²) in [5.74, 6) is -1.07. The maximum Gasteiger partial charge on any atom is 0.358 e. The van der Waals surface area contributed by atoms with E-state index in [1.54, 1.807) is 18.8 Å². The Bertz CT molecular complexity index is 634. The van der Waals surface area contributed by atoms with Gasteiger partial charge in [-0.15, -0.1) is 16.4 Å². The number of carboxylic acid groups (broad SMARTS) is 1. The van der Waals surface area contributed by atoms with Gasteiger partial charge in [0.2, 0.25) is 5.91 Å². The molecule has 0 saturated heterocycles. The van der Waals surface area contributed by atoms with Gasteiger partial charge >= 0.3 is 5.97 Å². The molecule has 2 aromatic heterocycles. The van der Waals surface area contributed by atoms with Gasteiger partial charge in [0.25, 0.3) is 0 Å². The predicted octanol–water partition coefficient (Wildman–Crippen LogP) is 1.57. The van der Waals surface area contributed by atoms with E-state index in [0.717, 1.165) is 4.88 Å². The summed E-state index contributed by atoms with van der Waals surface area (Å²) in [6.45, 7) is 0.451. The summed E-state index contributed by atoms with van der Waals surface area (Å²) in [6.07, 6.45) is 0.969. The molecule has 0 bridgehead atoms. The van der Waals surface area contributed by atoms with Crippen molar-refractivity contribution in [2.75, 3.05) is 14.1 Å². The Morgan fingerprint density at radius 3 is 2.76 bits per heavy atom. The van der Waals surface area contributed by atoms with Crippen LogP contribution in [0.3, 0.4) is 0 Å². The minimum absolute atomic E-state index is 0.0336. The first-order valence-electron chi connectivity index (χ1n) is 6.41. The quantitative estimate of drug-likeness (QED) is 0.875. The van der Waals surface area contributed by atoms with Gasteiger partial charge in [0.05, 0.1) is 4.88 Å². The monoisotopic (exact) mass is 308 g/mol. The number of carboxylic acids is 1. The highest BCUT2D eigenvalue weighted by Crippen LogP contribution is 2.27. The molecule has 2 aromatic rings. The van der Waals surface area contributed by atoms with E-state index in [0.29, 0.717) is 25.1 Å². The first kappa shape index (κ1) is 15.2. The third-order valence-electron chi connectivity index (χ3n) is 2.95. The van der Waals surface area contributed by atoms with Crippen LogP contribution in [-0.4, -0.2) is 51.0 Å². The Kier molecular flexibility index (Phi) is 4.69. The number of hydrogen-bond donors (Lipinski definition) is 1.